The molecule has 17 heavy (non-hydrogen) atoms. The molecule has 3 N–H and O–H groups in total. The number of nitrogens with one attached hydrogen (secondary N) is 1. The van der Waals surface area contributed by atoms with Crippen LogP contribution in [-0.4, -0.2) is 31.8 Å². The molecular weight excluding hydrogens is 212 g/mol. The lowest BCUT2D eigenvalue weighted by molar-refractivity contribution is 0.0532. The molecule has 1 heterocycles. The summed E-state index contributed by atoms with van der Waals surface area (Å²) in [6.07, 6.45) is 10.1. The van der Waals surface area contributed by atoms with Crippen LogP contribution in [0.15, 0.2) is 0 Å². The van der Waals surface area contributed by atoms with Crippen molar-refractivity contribution in [3.8, 4) is 0 Å². The first kappa shape index (κ1) is 14.9. The Hall–Kier alpha value is -0.120. The average molecular weight is 242 g/mol. The highest BCUT2D eigenvalue weighted by Gasteiger charge is 2.26. The number of hydrogen-bond donors (Lipinski definition) is 2. The predicted molar refractivity (Wildman–Crippen MR) is 73.2 cm³/mol. The molecule has 0 spiro atoms. The second kappa shape index (κ2) is 8.90. The summed E-state index contributed by atoms with van der Waals surface area (Å²) < 4.78 is 5.34. The third-order valence-electron chi connectivity index (χ3n) is 3.67. The van der Waals surface area contributed by atoms with E-state index in [1.54, 1.807) is 0 Å². The summed E-state index contributed by atoms with van der Waals surface area (Å²) in [5, 5.41) is 3.51. The number of unbranched alkanes of at least 4 members (excludes halogenated alkanes) is 5. The lowest BCUT2D eigenvalue weighted by atomic mass is 9.91. The van der Waals surface area contributed by atoms with Crippen LogP contribution in [0, 0.1) is 0 Å². The maximum Gasteiger partial charge on any atom is 0.0484 e. The Balaban J connectivity index is 1.89. The van der Waals surface area contributed by atoms with Gasteiger partial charge in [0.15, 0.2) is 0 Å². The van der Waals surface area contributed by atoms with Gasteiger partial charge in [0.05, 0.1) is 0 Å². The molecule has 3 nitrogen and oxygen atoms in total. The molecule has 1 fully saturated rings. The van der Waals surface area contributed by atoms with Crippen molar-refractivity contribution < 1.29 is 4.74 Å². The van der Waals surface area contributed by atoms with Crippen LogP contribution in [-0.2, 0) is 4.74 Å². The normalized spacial score (nSPS) is 19.4. The van der Waals surface area contributed by atoms with E-state index < -0.39 is 0 Å². The van der Waals surface area contributed by atoms with Gasteiger partial charge in [-0.15, -0.1) is 0 Å². The Labute approximate surface area is 106 Å². The van der Waals surface area contributed by atoms with E-state index >= 15 is 0 Å². The molecule has 0 aromatic heterocycles. The summed E-state index contributed by atoms with van der Waals surface area (Å²) in [4.78, 5) is 0. The fourth-order valence-electron chi connectivity index (χ4n) is 2.32. The highest BCUT2D eigenvalue weighted by atomic mass is 16.5. The van der Waals surface area contributed by atoms with E-state index in [0.29, 0.717) is 0 Å². The van der Waals surface area contributed by atoms with E-state index in [4.69, 9.17) is 10.5 Å². The SMILES string of the molecule is CCCCCCCCNCC1(N)CCOCC1. The third kappa shape index (κ3) is 7.02. The minimum Gasteiger partial charge on any atom is -0.381 e. The van der Waals surface area contributed by atoms with Crippen molar-refractivity contribution in [1.29, 1.82) is 0 Å². The van der Waals surface area contributed by atoms with Gasteiger partial charge in [-0.1, -0.05) is 39.0 Å². The number of ether oxygens (including phenoxy) is 1. The zero-order valence-corrected chi connectivity index (χ0v) is 11.5. The zero-order valence-electron chi connectivity index (χ0n) is 11.5. The molecule has 1 aliphatic heterocycles. The lowest BCUT2D eigenvalue weighted by Gasteiger charge is -2.33. The molecule has 0 aromatic carbocycles. The van der Waals surface area contributed by atoms with Gasteiger partial charge >= 0.3 is 0 Å². The minimum atomic E-state index is -0.0134. The first-order valence-corrected chi connectivity index (χ1v) is 7.34. The molecule has 0 radical (unpaired) electrons. The standard InChI is InChI=1S/C14H30N2O/c1-2-3-4-5-6-7-10-16-13-14(15)8-11-17-12-9-14/h16H,2-13,15H2,1H3. The van der Waals surface area contributed by atoms with Gasteiger partial charge in [-0.2, -0.15) is 0 Å². The summed E-state index contributed by atoms with van der Waals surface area (Å²) in [5.41, 5.74) is 6.28. The van der Waals surface area contributed by atoms with E-state index in [9.17, 15) is 0 Å². The van der Waals surface area contributed by atoms with Gasteiger partial charge in [-0.3, -0.25) is 0 Å². The van der Waals surface area contributed by atoms with Crippen molar-refractivity contribution in [1.82, 2.24) is 5.32 Å². The van der Waals surface area contributed by atoms with Crippen molar-refractivity contribution >= 4 is 0 Å². The first-order chi connectivity index (χ1) is 8.27. The Morgan fingerprint density at radius 1 is 1.06 bits per heavy atom. The summed E-state index contributed by atoms with van der Waals surface area (Å²) in [5.74, 6) is 0. The van der Waals surface area contributed by atoms with Gasteiger partial charge in [0.1, 0.15) is 0 Å². The maximum atomic E-state index is 6.30. The van der Waals surface area contributed by atoms with Crippen molar-refractivity contribution in [2.24, 2.45) is 5.73 Å². The molecule has 3 heteroatoms. The van der Waals surface area contributed by atoms with Crippen LogP contribution in [0.2, 0.25) is 0 Å². The van der Waals surface area contributed by atoms with E-state index in [0.717, 1.165) is 39.1 Å². The molecule has 0 saturated carbocycles. The fraction of sp³-hybridized carbons (Fsp3) is 1.00. The number of nitrogens with two attached hydrogens (primary N) is 1. The van der Waals surface area contributed by atoms with E-state index in [1.165, 1.54) is 38.5 Å². The van der Waals surface area contributed by atoms with Crippen molar-refractivity contribution in [3.05, 3.63) is 0 Å². The van der Waals surface area contributed by atoms with Crippen LogP contribution < -0.4 is 11.1 Å². The highest BCUT2D eigenvalue weighted by molar-refractivity contribution is 4.88. The largest absolute Gasteiger partial charge is 0.381 e. The lowest BCUT2D eigenvalue weighted by Crippen LogP contribution is -2.52. The number of rotatable bonds is 9. The molecular formula is C14H30N2O. The van der Waals surface area contributed by atoms with Crippen molar-refractivity contribution in [3.63, 3.8) is 0 Å². The highest BCUT2D eigenvalue weighted by Crippen LogP contribution is 2.16. The first-order valence-electron chi connectivity index (χ1n) is 7.34. The molecule has 0 bridgehead atoms. The molecule has 1 aliphatic rings. The molecule has 0 unspecified atom stereocenters. The summed E-state index contributed by atoms with van der Waals surface area (Å²) in [6.45, 7) is 5.98. The van der Waals surface area contributed by atoms with Gasteiger partial charge in [0, 0.05) is 25.3 Å². The summed E-state index contributed by atoms with van der Waals surface area (Å²) >= 11 is 0. The minimum absolute atomic E-state index is 0.0134. The third-order valence-corrected chi connectivity index (χ3v) is 3.67. The number of hydrogen-bond acceptors (Lipinski definition) is 3. The zero-order chi connectivity index (χ0) is 12.4. The van der Waals surface area contributed by atoms with Crippen LogP contribution >= 0.6 is 0 Å². The smallest absolute Gasteiger partial charge is 0.0484 e. The Morgan fingerprint density at radius 2 is 1.71 bits per heavy atom. The van der Waals surface area contributed by atoms with Crippen molar-refractivity contribution in [2.45, 2.75) is 63.8 Å². The van der Waals surface area contributed by atoms with Gasteiger partial charge in [-0.05, 0) is 25.8 Å². The predicted octanol–water partition coefficient (Wildman–Crippen LogP) is 2.44. The summed E-state index contributed by atoms with van der Waals surface area (Å²) in [6, 6.07) is 0. The maximum absolute atomic E-state index is 6.30. The van der Waals surface area contributed by atoms with Crippen molar-refractivity contribution in [2.75, 3.05) is 26.3 Å². The van der Waals surface area contributed by atoms with Crippen LogP contribution in [0.4, 0.5) is 0 Å². The van der Waals surface area contributed by atoms with Crippen LogP contribution in [0.25, 0.3) is 0 Å². The monoisotopic (exact) mass is 242 g/mol. The Bertz CT molecular complexity index is 179. The van der Waals surface area contributed by atoms with Gasteiger partial charge < -0.3 is 15.8 Å². The molecule has 0 aliphatic carbocycles. The van der Waals surface area contributed by atoms with E-state index in [-0.39, 0.29) is 5.54 Å². The molecule has 0 atom stereocenters. The molecule has 102 valence electrons. The molecule has 0 amide bonds. The quantitative estimate of drug-likeness (QED) is 0.611. The Kier molecular flexibility index (Phi) is 7.82. The fourth-order valence-corrected chi connectivity index (χ4v) is 2.32. The van der Waals surface area contributed by atoms with Crippen LogP contribution in [0.3, 0.4) is 0 Å². The summed E-state index contributed by atoms with van der Waals surface area (Å²) in [7, 11) is 0. The Morgan fingerprint density at radius 3 is 2.41 bits per heavy atom. The molecule has 1 rings (SSSR count). The average Bonchev–Trinajstić information content (AvgIpc) is 2.33. The van der Waals surface area contributed by atoms with Crippen LogP contribution in [0.1, 0.15) is 58.3 Å². The second-order valence-corrected chi connectivity index (χ2v) is 5.42. The van der Waals surface area contributed by atoms with Gasteiger partial charge in [0.2, 0.25) is 0 Å². The van der Waals surface area contributed by atoms with E-state index in [2.05, 4.69) is 12.2 Å². The van der Waals surface area contributed by atoms with E-state index in [1.807, 2.05) is 0 Å². The van der Waals surface area contributed by atoms with Gasteiger partial charge in [-0.25, -0.2) is 0 Å². The molecule has 1 saturated heterocycles. The van der Waals surface area contributed by atoms with Gasteiger partial charge in [0.25, 0.3) is 0 Å². The van der Waals surface area contributed by atoms with Crippen LogP contribution in [0.5, 0.6) is 0 Å². The molecule has 0 aromatic rings. The second-order valence-electron chi connectivity index (χ2n) is 5.42. The topological polar surface area (TPSA) is 47.3 Å².